The van der Waals surface area contributed by atoms with E-state index >= 15 is 0 Å². The molecule has 5 rings (SSSR count). The van der Waals surface area contributed by atoms with Gasteiger partial charge in [-0.25, -0.2) is 4.98 Å². The van der Waals surface area contributed by atoms with Crippen LogP contribution in [0.1, 0.15) is 5.69 Å². The maximum Gasteiger partial charge on any atom is 0.190 e. The fourth-order valence-electron chi connectivity index (χ4n) is 3.71. The third-order valence-corrected chi connectivity index (χ3v) is 5.50. The Morgan fingerprint density at radius 2 is 1.36 bits per heavy atom. The van der Waals surface area contributed by atoms with Crippen molar-refractivity contribution in [2.75, 3.05) is 12.4 Å². The molecular weight excluding hydrogens is 410 g/mol. The number of nitrogens with one attached hydrogen (secondary N) is 1. The number of rotatable bonds is 6. The van der Waals surface area contributed by atoms with Crippen molar-refractivity contribution in [3.63, 3.8) is 0 Å². The zero-order chi connectivity index (χ0) is 22.6. The SMILES string of the molecule is COc1ccc(-c2cccc(Nc3c(C)noc3-c3ccc(-c4ccccc4)cc3)n2)cc1. The largest absolute Gasteiger partial charge is 0.497 e. The zero-order valence-electron chi connectivity index (χ0n) is 18.4. The number of nitrogens with zero attached hydrogens (tertiary/aromatic N) is 2. The Kier molecular flexibility index (Phi) is 5.60. The molecule has 0 aliphatic rings. The number of anilines is 2. The Hall–Kier alpha value is -4.38. The molecule has 5 heteroatoms. The van der Waals surface area contributed by atoms with E-state index in [0.717, 1.165) is 45.3 Å². The van der Waals surface area contributed by atoms with Gasteiger partial charge in [-0.15, -0.1) is 0 Å². The number of benzene rings is 3. The quantitative estimate of drug-likeness (QED) is 0.309. The third-order valence-electron chi connectivity index (χ3n) is 5.50. The van der Waals surface area contributed by atoms with E-state index in [2.05, 4.69) is 46.9 Å². The van der Waals surface area contributed by atoms with Crippen LogP contribution in [0, 0.1) is 6.92 Å². The first-order valence-corrected chi connectivity index (χ1v) is 10.7. The van der Waals surface area contributed by atoms with Crippen LogP contribution in [0.3, 0.4) is 0 Å². The minimum atomic E-state index is 0.684. The van der Waals surface area contributed by atoms with Gasteiger partial charge in [0.2, 0.25) is 0 Å². The van der Waals surface area contributed by atoms with Gasteiger partial charge in [-0.1, -0.05) is 65.8 Å². The second kappa shape index (κ2) is 9.01. The molecule has 0 spiro atoms. The van der Waals surface area contributed by atoms with Crippen molar-refractivity contribution in [2.24, 2.45) is 0 Å². The summed E-state index contributed by atoms with van der Waals surface area (Å²) in [6.07, 6.45) is 0. The summed E-state index contributed by atoms with van der Waals surface area (Å²) in [4.78, 5) is 4.78. The highest BCUT2D eigenvalue weighted by atomic mass is 16.5. The first-order chi connectivity index (χ1) is 16.2. The monoisotopic (exact) mass is 433 g/mol. The minimum absolute atomic E-state index is 0.684. The molecule has 5 nitrogen and oxygen atoms in total. The standard InChI is InChI=1S/C28H23N3O2/c1-19-27(30-26-10-6-9-25(29-26)22-15-17-24(32-2)18-16-22)28(33-31-19)23-13-11-21(12-14-23)20-7-4-3-5-8-20/h3-18H,1-2H3,(H,29,30). The maximum atomic E-state index is 5.69. The van der Waals surface area contributed by atoms with Gasteiger partial charge in [-0.05, 0) is 54.4 Å². The van der Waals surface area contributed by atoms with Crippen LogP contribution in [-0.4, -0.2) is 17.3 Å². The molecule has 3 aromatic carbocycles. The van der Waals surface area contributed by atoms with Gasteiger partial charge < -0.3 is 14.6 Å². The molecule has 0 saturated heterocycles. The summed E-state index contributed by atoms with van der Waals surface area (Å²) >= 11 is 0. The van der Waals surface area contributed by atoms with Crippen molar-refractivity contribution in [1.82, 2.24) is 10.1 Å². The van der Waals surface area contributed by atoms with Crippen molar-refractivity contribution in [3.05, 3.63) is 103 Å². The lowest BCUT2D eigenvalue weighted by molar-refractivity contribution is 0.415. The lowest BCUT2D eigenvalue weighted by Crippen LogP contribution is -1.97. The summed E-state index contributed by atoms with van der Waals surface area (Å²) < 4.78 is 10.9. The van der Waals surface area contributed by atoms with Crippen LogP contribution >= 0.6 is 0 Å². The molecule has 2 heterocycles. The molecule has 0 amide bonds. The van der Waals surface area contributed by atoms with Crippen molar-refractivity contribution in [2.45, 2.75) is 6.92 Å². The van der Waals surface area contributed by atoms with Gasteiger partial charge in [-0.3, -0.25) is 0 Å². The zero-order valence-corrected chi connectivity index (χ0v) is 18.4. The van der Waals surface area contributed by atoms with Crippen LogP contribution < -0.4 is 10.1 Å². The summed E-state index contributed by atoms with van der Waals surface area (Å²) in [5, 5.41) is 7.60. The molecule has 0 aliphatic heterocycles. The lowest BCUT2D eigenvalue weighted by atomic mass is 10.0. The molecule has 1 N–H and O–H groups in total. The van der Waals surface area contributed by atoms with Crippen LogP contribution in [0.4, 0.5) is 11.5 Å². The second-order valence-corrected chi connectivity index (χ2v) is 7.68. The van der Waals surface area contributed by atoms with Crippen LogP contribution in [-0.2, 0) is 0 Å². The summed E-state index contributed by atoms with van der Waals surface area (Å²) in [5.41, 5.74) is 6.73. The predicted molar refractivity (Wildman–Crippen MR) is 132 cm³/mol. The van der Waals surface area contributed by atoms with E-state index in [-0.39, 0.29) is 0 Å². The molecule has 5 aromatic rings. The molecule has 2 aromatic heterocycles. The lowest BCUT2D eigenvalue weighted by Gasteiger charge is -2.09. The van der Waals surface area contributed by atoms with Crippen molar-refractivity contribution >= 4 is 11.5 Å². The highest BCUT2D eigenvalue weighted by Gasteiger charge is 2.16. The summed E-state index contributed by atoms with van der Waals surface area (Å²) in [7, 11) is 1.66. The molecule has 0 aliphatic carbocycles. The molecule has 0 unspecified atom stereocenters. The second-order valence-electron chi connectivity index (χ2n) is 7.68. The smallest absolute Gasteiger partial charge is 0.190 e. The topological polar surface area (TPSA) is 60.2 Å². The Labute approximate surface area is 192 Å². The van der Waals surface area contributed by atoms with E-state index in [9.17, 15) is 0 Å². The van der Waals surface area contributed by atoms with E-state index in [0.29, 0.717) is 5.76 Å². The number of hydrogen-bond acceptors (Lipinski definition) is 5. The Balaban J connectivity index is 1.42. The maximum absolute atomic E-state index is 5.69. The normalized spacial score (nSPS) is 10.7. The molecular formula is C28H23N3O2. The molecule has 0 radical (unpaired) electrons. The van der Waals surface area contributed by atoms with Gasteiger partial charge in [0, 0.05) is 11.1 Å². The van der Waals surface area contributed by atoms with E-state index < -0.39 is 0 Å². The molecule has 33 heavy (non-hydrogen) atoms. The number of pyridine rings is 1. The number of aromatic nitrogens is 2. The van der Waals surface area contributed by atoms with Crippen molar-refractivity contribution in [3.8, 4) is 39.5 Å². The Bertz CT molecular complexity index is 1360. The molecule has 0 atom stereocenters. The Morgan fingerprint density at radius 1 is 0.697 bits per heavy atom. The summed E-state index contributed by atoms with van der Waals surface area (Å²) in [6.45, 7) is 1.92. The molecule has 0 fully saturated rings. The fourth-order valence-corrected chi connectivity index (χ4v) is 3.71. The van der Waals surface area contributed by atoms with Crippen molar-refractivity contribution in [1.29, 1.82) is 0 Å². The highest BCUT2D eigenvalue weighted by Crippen LogP contribution is 2.34. The van der Waals surface area contributed by atoms with Gasteiger partial charge in [0.1, 0.15) is 22.9 Å². The van der Waals surface area contributed by atoms with Crippen molar-refractivity contribution < 1.29 is 9.26 Å². The van der Waals surface area contributed by atoms with E-state index in [1.165, 1.54) is 5.56 Å². The van der Waals surface area contributed by atoms with Gasteiger partial charge in [-0.2, -0.15) is 0 Å². The van der Waals surface area contributed by atoms with Crippen LogP contribution in [0.15, 0.2) is 102 Å². The predicted octanol–water partition coefficient (Wildman–Crippen LogP) is 7.13. The van der Waals surface area contributed by atoms with E-state index in [4.69, 9.17) is 14.2 Å². The van der Waals surface area contributed by atoms with Gasteiger partial charge in [0.25, 0.3) is 0 Å². The van der Waals surface area contributed by atoms with Crippen LogP contribution in [0.25, 0.3) is 33.7 Å². The van der Waals surface area contributed by atoms with Crippen LogP contribution in [0.5, 0.6) is 5.75 Å². The highest BCUT2D eigenvalue weighted by molar-refractivity contribution is 5.79. The van der Waals surface area contributed by atoms with E-state index in [1.54, 1.807) is 7.11 Å². The van der Waals surface area contributed by atoms with Gasteiger partial charge in [0.15, 0.2) is 5.76 Å². The average Bonchev–Trinajstić information content (AvgIpc) is 3.24. The molecule has 0 bridgehead atoms. The van der Waals surface area contributed by atoms with Gasteiger partial charge >= 0.3 is 0 Å². The number of aryl methyl sites for hydroxylation is 1. The first-order valence-electron chi connectivity index (χ1n) is 10.7. The fraction of sp³-hybridized carbons (Fsp3) is 0.0714. The summed E-state index contributed by atoms with van der Waals surface area (Å²) in [5.74, 6) is 2.22. The Morgan fingerprint density at radius 3 is 2.09 bits per heavy atom. The number of hydrogen-bond donors (Lipinski definition) is 1. The average molecular weight is 434 g/mol. The molecule has 0 saturated carbocycles. The third kappa shape index (κ3) is 4.34. The van der Waals surface area contributed by atoms with Crippen LogP contribution in [0.2, 0.25) is 0 Å². The molecule has 162 valence electrons. The number of methoxy groups -OCH3 is 1. The van der Waals surface area contributed by atoms with E-state index in [1.807, 2.05) is 67.6 Å². The number of ether oxygens (including phenoxy) is 1. The first kappa shape index (κ1) is 20.5. The van der Waals surface area contributed by atoms with Gasteiger partial charge in [0.05, 0.1) is 12.8 Å². The minimum Gasteiger partial charge on any atom is -0.497 e. The summed E-state index contributed by atoms with van der Waals surface area (Å²) in [6, 6.07) is 32.3.